The molecule has 1 atom stereocenters. The van der Waals surface area contributed by atoms with Crippen molar-refractivity contribution in [3.8, 4) is 5.75 Å². The maximum atomic E-state index is 10.9. The first-order valence-electron chi connectivity index (χ1n) is 6.58. The number of rotatable bonds is 4. The Labute approximate surface area is 123 Å². The van der Waals surface area contributed by atoms with Gasteiger partial charge in [0.2, 0.25) is 0 Å². The fourth-order valence-electron chi connectivity index (χ4n) is 2.45. The van der Waals surface area contributed by atoms with Gasteiger partial charge in [0.25, 0.3) is 5.69 Å². The highest BCUT2D eigenvalue weighted by atomic mass is 16.6. The lowest BCUT2D eigenvalue weighted by Crippen LogP contribution is -2.14. The molecular formula is C16H18N2O3. The van der Waals surface area contributed by atoms with Crippen molar-refractivity contribution in [3.05, 3.63) is 68.8 Å². The van der Waals surface area contributed by atoms with E-state index in [0.717, 1.165) is 16.7 Å². The second-order valence-corrected chi connectivity index (χ2v) is 5.08. The van der Waals surface area contributed by atoms with Gasteiger partial charge in [0, 0.05) is 17.7 Å². The first-order valence-corrected chi connectivity index (χ1v) is 6.58. The van der Waals surface area contributed by atoms with Gasteiger partial charge in [-0.2, -0.15) is 0 Å². The van der Waals surface area contributed by atoms with Gasteiger partial charge in [-0.3, -0.25) is 10.1 Å². The van der Waals surface area contributed by atoms with Crippen LogP contribution in [0.3, 0.4) is 0 Å². The van der Waals surface area contributed by atoms with E-state index in [-0.39, 0.29) is 5.69 Å². The molecule has 0 saturated carbocycles. The Hall–Kier alpha value is -2.40. The monoisotopic (exact) mass is 286 g/mol. The lowest BCUT2D eigenvalue weighted by atomic mass is 9.95. The van der Waals surface area contributed by atoms with Gasteiger partial charge in [0.15, 0.2) is 0 Å². The van der Waals surface area contributed by atoms with Crippen molar-refractivity contribution in [1.29, 1.82) is 0 Å². The number of methoxy groups -OCH3 is 1. The highest BCUT2D eigenvalue weighted by Gasteiger charge is 2.18. The van der Waals surface area contributed by atoms with Gasteiger partial charge in [-0.1, -0.05) is 29.3 Å². The summed E-state index contributed by atoms with van der Waals surface area (Å²) in [6.45, 7) is 3.99. The maximum absolute atomic E-state index is 10.9. The minimum atomic E-state index is -0.474. The van der Waals surface area contributed by atoms with Crippen LogP contribution in [0.5, 0.6) is 5.75 Å². The van der Waals surface area contributed by atoms with Gasteiger partial charge in [0.05, 0.1) is 18.1 Å². The molecule has 0 aliphatic heterocycles. The highest BCUT2D eigenvalue weighted by molar-refractivity contribution is 5.49. The van der Waals surface area contributed by atoms with Gasteiger partial charge in [-0.15, -0.1) is 0 Å². The predicted molar refractivity (Wildman–Crippen MR) is 81.6 cm³/mol. The number of nitrogens with zero attached hydrogens (tertiary/aromatic N) is 1. The number of nitro benzene ring substituents is 1. The zero-order valence-corrected chi connectivity index (χ0v) is 12.3. The van der Waals surface area contributed by atoms with E-state index in [1.54, 1.807) is 6.07 Å². The van der Waals surface area contributed by atoms with Crippen LogP contribution in [-0.2, 0) is 0 Å². The molecule has 5 nitrogen and oxygen atoms in total. The summed E-state index contributed by atoms with van der Waals surface area (Å²) in [4.78, 5) is 10.5. The highest BCUT2D eigenvalue weighted by Crippen LogP contribution is 2.32. The van der Waals surface area contributed by atoms with Crippen LogP contribution >= 0.6 is 0 Å². The topological polar surface area (TPSA) is 78.4 Å². The SMILES string of the molecule is COc1ccc([N+](=O)[O-])cc1C(N)c1cc(C)cc(C)c1. The summed E-state index contributed by atoms with van der Waals surface area (Å²) in [5.41, 5.74) is 10.0. The molecule has 0 fully saturated rings. The molecule has 2 N–H and O–H groups in total. The number of nitro groups is 1. The zero-order valence-electron chi connectivity index (χ0n) is 12.3. The molecule has 5 heteroatoms. The third kappa shape index (κ3) is 3.20. The molecule has 0 heterocycles. The van der Waals surface area contributed by atoms with Gasteiger partial charge < -0.3 is 10.5 Å². The predicted octanol–water partition coefficient (Wildman–Crippen LogP) is 3.27. The fourth-order valence-corrected chi connectivity index (χ4v) is 2.45. The van der Waals surface area contributed by atoms with Crippen molar-refractivity contribution in [1.82, 2.24) is 0 Å². The van der Waals surface area contributed by atoms with Crippen molar-refractivity contribution in [2.45, 2.75) is 19.9 Å². The van der Waals surface area contributed by atoms with Gasteiger partial charge >= 0.3 is 0 Å². The van der Waals surface area contributed by atoms with Crippen LogP contribution in [0.2, 0.25) is 0 Å². The van der Waals surface area contributed by atoms with Crippen LogP contribution in [0.15, 0.2) is 36.4 Å². The number of ether oxygens (including phenoxy) is 1. The molecular weight excluding hydrogens is 268 g/mol. The van der Waals surface area contributed by atoms with E-state index in [1.807, 2.05) is 26.0 Å². The second kappa shape index (κ2) is 5.93. The average Bonchev–Trinajstić information content (AvgIpc) is 2.44. The molecule has 1 unspecified atom stereocenters. The number of hydrogen-bond acceptors (Lipinski definition) is 4. The summed E-state index contributed by atoms with van der Waals surface area (Å²) in [6, 6.07) is 10.0. The summed E-state index contributed by atoms with van der Waals surface area (Å²) in [7, 11) is 1.53. The van der Waals surface area contributed by atoms with E-state index in [9.17, 15) is 10.1 Å². The first kappa shape index (κ1) is 15.0. The maximum Gasteiger partial charge on any atom is 0.270 e. The van der Waals surface area contributed by atoms with Gasteiger partial charge in [-0.05, 0) is 25.5 Å². The molecule has 0 radical (unpaired) electrons. The molecule has 0 saturated heterocycles. The number of benzene rings is 2. The summed E-state index contributed by atoms with van der Waals surface area (Å²) >= 11 is 0. The van der Waals surface area contributed by atoms with Crippen LogP contribution in [0, 0.1) is 24.0 Å². The first-order chi connectivity index (χ1) is 9.92. The minimum Gasteiger partial charge on any atom is -0.496 e. The Morgan fingerprint density at radius 1 is 1.14 bits per heavy atom. The number of aryl methyl sites for hydroxylation is 2. The molecule has 110 valence electrons. The van der Waals surface area contributed by atoms with Crippen LogP contribution in [0.25, 0.3) is 0 Å². The lowest BCUT2D eigenvalue weighted by molar-refractivity contribution is -0.384. The van der Waals surface area contributed by atoms with E-state index < -0.39 is 11.0 Å². The molecule has 0 spiro atoms. The van der Waals surface area contributed by atoms with Gasteiger partial charge in [-0.25, -0.2) is 0 Å². The van der Waals surface area contributed by atoms with E-state index in [1.165, 1.54) is 19.2 Å². The summed E-state index contributed by atoms with van der Waals surface area (Å²) in [5, 5.41) is 10.9. The largest absolute Gasteiger partial charge is 0.496 e. The van der Waals surface area contributed by atoms with Crippen molar-refractivity contribution >= 4 is 5.69 Å². The average molecular weight is 286 g/mol. The second-order valence-electron chi connectivity index (χ2n) is 5.08. The number of non-ortho nitro benzene ring substituents is 1. The summed E-state index contributed by atoms with van der Waals surface area (Å²) in [5.74, 6) is 0.548. The summed E-state index contributed by atoms with van der Waals surface area (Å²) in [6.07, 6.45) is 0. The lowest BCUT2D eigenvalue weighted by Gasteiger charge is -2.17. The zero-order chi connectivity index (χ0) is 15.6. The Kier molecular flexibility index (Phi) is 4.23. The van der Waals surface area contributed by atoms with Crippen molar-refractivity contribution in [2.24, 2.45) is 5.73 Å². The molecule has 0 amide bonds. The van der Waals surface area contributed by atoms with Crippen LogP contribution < -0.4 is 10.5 Å². The Balaban J connectivity index is 2.52. The van der Waals surface area contributed by atoms with E-state index in [0.29, 0.717) is 11.3 Å². The third-order valence-electron chi connectivity index (χ3n) is 3.36. The quantitative estimate of drug-likeness (QED) is 0.691. The van der Waals surface area contributed by atoms with E-state index >= 15 is 0 Å². The normalized spacial score (nSPS) is 12.0. The van der Waals surface area contributed by atoms with Crippen LogP contribution in [-0.4, -0.2) is 12.0 Å². The third-order valence-corrected chi connectivity index (χ3v) is 3.36. The minimum absolute atomic E-state index is 0.00521. The molecule has 2 aromatic rings. The van der Waals surface area contributed by atoms with Crippen LogP contribution in [0.1, 0.15) is 28.3 Å². The van der Waals surface area contributed by atoms with Crippen LogP contribution in [0.4, 0.5) is 5.69 Å². The molecule has 21 heavy (non-hydrogen) atoms. The molecule has 0 aliphatic rings. The van der Waals surface area contributed by atoms with Gasteiger partial charge in [0.1, 0.15) is 5.75 Å². The Bertz CT molecular complexity index is 663. The molecule has 0 bridgehead atoms. The molecule has 2 rings (SSSR count). The standard InChI is InChI=1S/C16H18N2O3/c1-10-6-11(2)8-12(7-10)16(17)14-9-13(18(19)20)4-5-15(14)21-3/h4-9,16H,17H2,1-3H3. The van der Waals surface area contributed by atoms with Crippen molar-refractivity contribution < 1.29 is 9.66 Å². The van der Waals surface area contributed by atoms with Crippen molar-refractivity contribution in [2.75, 3.05) is 7.11 Å². The molecule has 0 aromatic heterocycles. The van der Waals surface area contributed by atoms with E-state index in [4.69, 9.17) is 10.5 Å². The van der Waals surface area contributed by atoms with Crippen molar-refractivity contribution in [3.63, 3.8) is 0 Å². The Morgan fingerprint density at radius 3 is 2.29 bits per heavy atom. The molecule has 0 aliphatic carbocycles. The van der Waals surface area contributed by atoms with E-state index in [2.05, 4.69) is 6.07 Å². The smallest absolute Gasteiger partial charge is 0.270 e. The Morgan fingerprint density at radius 2 is 1.76 bits per heavy atom. The number of hydrogen-bond donors (Lipinski definition) is 1. The molecule has 2 aromatic carbocycles. The summed E-state index contributed by atoms with van der Waals surface area (Å²) < 4.78 is 5.28. The number of nitrogens with two attached hydrogens (primary N) is 1. The fraction of sp³-hybridized carbons (Fsp3) is 0.250.